The fraction of sp³-hybridized carbons (Fsp3) is 0.310. The summed E-state index contributed by atoms with van der Waals surface area (Å²) in [5.41, 5.74) is 1.57. The predicted molar refractivity (Wildman–Crippen MR) is 162 cm³/mol. The lowest BCUT2D eigenvalue weighted by Crippen LogP contribution is -2.52. The Balaban J connectivity index is 2.06. The molecular formula is C29H32Cl3N3O4S. The van der Waals surface area contributed by atoms with E-state index >= 15 is 0 Å². The van der Waals surface area contributed by atoms with E-state index in [0.717, 1.165) is 9.87 Å². The van der Waals surface area contributed by atoms with Gasteiger partial charge in [-0.15, -0.1) is 0 Å². The lowest BCUT2D eigenvalue weighted by atomic mass is 10.1. The lowest BCUT2D eigenvalue weighted by Gasteiger charge is -2.33. The Labute approximate surface area is 251 Å². The summed E-state index contributed by atoms with van der Waals surface area (Å²) < 4.78 is 28.7. The molecule has 0 bridgehead atoms. The summed E-state index contributed by atoms with van der Waals surface area (Å²) >= 11 is 18.9. The molecule has 7 nitrogen and oxygen atoms in total. The molecule has 0 fully saturated rings. The zero-order valence-corrected chi connectivity index (χ0v) is 25.8. The first-order valence-corrected chi connectivity index (χ1v) is 15.3. The van der Waals surface area contributed by atoms with E-state index in [1.807, 2.05) is 20.8 Å². The van der Waals surface area contributed by atoms with Gasteiger partial charge in [-0.1, -0.05) is 77.6 Å². The summed E-state index contributed by atoms with van der Waals surface area (Å²) in [4.78, 5) is 28.4. The zero-order chi connectivity index (χ0) is 29.6. The van der Waals surface area contributed by atoms with Gasteiger partial charge < -0.3 is 10.2 Å². The van der Waals surface area contributed by atoms with Gasteiger partial charge in [-0.2, -0.15) is 0 Å². The van der Waals surface area contributed by atoms with Crippen LogP contribution in [-0.2, 0) is 26.2 Å². The molecule has 2 atom stereocenters. The molecule has 0 saturated carbocycles. The third-order valence-corrected chi connectivity index (χ3v) is 9.21. The number of benzene rings is 3. The van der Waals surface area contributed by atoms with Crippen LogP contribution in [0.5, 0.6) is 0 Å². The molecule has 0 heterocycles. The molecule has 0 aliphatic carbocycles. The highest BCUT2D eigenvalue weighted by molar-refractivity contribution is 7.92. The van der Waals surface area contributed by atoms with Crippen molar-refractivity contribution in [3.63, 3.8) is 0 Å². The first-order valence-electron chi connectivity index (χ1n) is 12.7. The number of para-hydroxylation sites is 1. The van der Waals surface area contributed by atoms with E-state index in [1.165, 1.54) is 23.1 Å². The minimum Gasteiger partial charge on any atom is -0.352 e. The molecule has 214 valence electrons. The van der Waals surface area contributed by atoms with Crippen LogP contribution in [0.4, 0.5) is 5.69 Å². The normalized spacial score (nSPS) is 12.9. The van der Waals surface area contributed by atoms with E-state index in [2.05, 4.69) is 5.32 Å². The van der Waals surface area contributed by atoms with E-state index in [0.29, 0.717) is 22.0 Å². The first kappa shape index (κ1) is 31.7. The van der Waals surface area contributed by atoms with Crippen molar-refractivity contribution in [3.05, 3.63) is 92.9 Å². The molecule has 0 unspecified atom stereocenters. The van der Waals surface area contributed by atoms with Gasteiger partial charge in [0, 0.05) is 22.6 Å². The highest BCUT2D eigenvalue weighted by Crippen LogP contribution is 2.31. The molecule has 1 N–H and O–H groups in total. The highest BCUT2D eigenvalue weighted by Gasteiger charge is 2.33. The van der Waals surface area contributed by atoms with Crippen molar-refractivity contribution < 1.29 is 18.0 Å². The van der Waals surface area contributed by atoms with Crippen molar-refractivity contribution in [1.82, 2.24) is 10.2 Å². The molecule has 3 aromatic carbocycles. The molecule has 0 aliphatic rings. The van der Waals surface area contributed by atoms with Crippen LogP contribution in [-0.4, -0.2) is 43.8 Å². The van der Waals surface area contributed by atoms with Crippen LogP contribution in [0.1, 0.15) is 38.3 Å². The topological polar surface area (TPSA) is 86.8 Å². The number of nitrogens with one attached hydrogen (secondary N) is 1. The minimum absolute atomic E-state index is 0.000627. The van der Waals surface area contributed by atoms with Crippen LogP contribution in [0, 0.1) is 6.92 Å². The largest absolute Gasteiger partial charge is 0.352 e. The van der Waals surface area contributed by atoms with Gasteiger partial charge in [-0.25, -0.2) is 8.42 Å². The number of amides is 2. The fourth-order valence-corrected chi connectivity index (χ4v) is 6.08. The average Bonchev–Trinajstić information content (AvgIpc) is 2.91. The maximum atomic E-state index is 14.0. The van der Waals surface area contributed by atoms with Gasteiger partial charge in [0.2, 0.25) is 11.8 Å². The van der Waals surface area contributed by atoms with E-state index < -0.39 is 28.5 Å². The van der Waals surface area contributed by atoms with Crippen molar-refractivity contribution in [2.75, 3.05) is 10.8 Å². The van der Waals surface area contributed by atoms with Crippen molar-refractivity contribution in [1.29, 1.82) is 0 Å². The number of nitrogens with zero attached hydrogens (tertiary/aromatic N) is 2. The van der Waals surface area contributed by atoms with E-state index in [-0.39, 0.29) is 34.1 Å². The average molecular weight is 625 g/mol. The Morgan fingerprint density at radius 2 is 1.57 bits per heavy atom. The molecule has 0 saturated heterocycles. The second-order valence-corrected chi connectivity index (χ2v) is 12.6. The zero-order valence-electron chi connectivity index (χ0n) is 22.7. The highest BCUT2D eigenvalue weighted by atomic mass is 35.5. The van der Waals surface area contributed by atoms with Crippen LogP contribution in [0.2, 0.25) is 15.1 Å². The van der Waals surface area contributed by atoms with Gasteiger partial charge >= 0.3 is 0 Å². The number of halogens is 3. The number of rotatable bonds is 11. The molecule has 0 aromatic heterocycles. The Kier molecular flexibility index (Phi) is 10.9. The summed E-state index contributed by atoms with van der Waals surface area (Å²) in [7, 11) is -4.22. The van der Waals surface area contributed by atoms with Crippen molar-refractivity contribution in [2.45, 2.75) is 57.6 Å². The number of hydrogen-bond acceptors (Lipinski definition) is 4. The molecule has 3 aromatic rings. The molecule has 40 heavy (non-hydrogen) atoms. The predicted octanol–water partition coefficient (Wildman–Crippen LogP) is 6.48. The number of sulfonamides is 1. The molecule has 0 radical (unpaired) electrons. The number of carbonyl (C=O) groups is 2. The number of aryl methyl sites for hydroxylation is 1. The Morgan fingerprint density at radius 3 is 2.17 bits per heavy atom. The Bertz CT molecular complexity index is 1470. The summed E-state index contributed by atoms with van der Waals surface area (Å²) in [5, 5.41) is 3.78. The maximum absolute atomic E-state index is 14.0. The quantitative estimate of drug-likeness (QED) is 0.265. The molecule has 2 amide bonds. The van der Waals surface area contributed by atoms with Gasteiger partial charge in [0.25, 0.3) is 10.0 Å². The summed E-state index contributed by atoms with van der Waals surface area (Å²) in [6.45, 7) is 6.58. The number of anilines is 1. The summed E-state index contributed by atoms with van der Waals surface area (Å²) in [6, 6.07) is 16.5. The van der Waals surface area contributed by atoms with Crippen LogP contribution in [0.25, 0.3) is 0 Å². The van der Waals surface area contributed by atoms with E-state index in [1.54, 1.807) is 55.5 Å². The number of hydrogen-bond donors (Lipinski definition) is 1. The van der Waals surface area contributed by atoms with Crippen LogP contribution in [0.15, 0.2) is 71.6 Å². The van der Waals surface area contributed by atoms with Crippen LogP contribution < -0.4 is 9.62 Å². The Hall–Kier alpha value is -2.78. The maximum Gasteiger partial charge on any atom is 0.264 e. The second-order valence-electron chi connectivity index (χ2n) is 9.53. The van der Waals surface area contributed by atoms with Gasteiger partial charge in [-0.05, 0) is 69.2 Å². The molecule has 11 heteroatoms. The number of carbonyl (C=O) groups excluding carboxylic acids is 2. The first-order chi connectivity index (χ1) is 18.8. The monoisotopic (exact) mass is 623 g/mol. The molecule has 0 aliphatic heterocycles. The van der Waals surface area contributed by atoms with E-state index in [9.17, 15) is 18.0 Å². The fourth-order valence-electron chi connectivity index (χ4n) is 3.89. The van der Waals surface area contributed by atoms with Crippen LogP contribution in [0.3, 0.4) is 0 Å². The molecular weight excluding hydrogens is 593 g/mol. The SMILES string of the molecule is CC[C@H](C)NC(=O)[C@H](C)N(Cc1ccc(Cl)cc1Cl)C(=O)CN(c1ccccc1Cl)S(=O)(=O)c1ccc(C)cc1. The molecule has 0 spiro atoms. The lowest BCUT2D eigenvalue weighted by molar-refractivity contribution is -0.139. The second kappa shape index (κ2) is 13.7. The molecule has 3 rings (SSSR count). The third kappa shape index (κ3) is 7.69. The van der Waals surface area contributed by atoms with Gasteiger partial charge in [0.1, 0.15) is 12.6 Å². The van der Waals surface area contributed by atoms with Gasteiger partial charge in [-0.3, -0.25) is 13.9 Å². The van der Waals surface area contributed by atoms with Crippen molar-refractivity contribution >= 4 is 62.3 Å². The Morgan fingerprint density at radius 1 is 0.925 bits per heavy atom. The standard InChI is InChI=1S/C29H32Cl3N3O4S/c1-5-20(3)33-29(37)21(4)34(17-22-12-13-23(30)16-26(22)32)28(36)18-35(27-9-7-6-8-25(27)31)40(38,39)24-14-10-19(2)11-15-24/h6-16,20-21H,5,17-18H2,1-4H3,(H,33,37)/t20-,21-/m0/s1. The van der Waals surface area contributed by atoms with Gasteiger partial charge in [0.05, 0.1) is 15.6 Å². The minimum atomic E-state index is -4.22. The summed E-state index contributed by atoms with van der Waals surface area (Å²) in [5.74, 6) is -0.994. The van der Waals surface area contributed by atoms with Crippen LogP contribution >= 0.6 is 34.8 Å². The smallest absolute Gasteiger partial charge is 0.264 e. The van der Waals surface area contributed by atoms with E-state index in [4.69, 9.17) is 34.8 Å². The van der Waals surface area contributed by atoms with Gasteiger partial charge in [0.15, 0.2) is 0 Å². The third-order valence-electron chi connectivity index (χ3n) is 6.53. The van der Waals surface area contributed by atoms with Crippen molar-refractivity contribution in [2.24, 2.45) is 0 Å². The summed E-state index contributed by atoms with van der Waals surface area (Å²) in [6.07, 6.45) is 0.699. The van der Waals surface area contributed by atoms with Crippen molar-refractivity contribution in [3.8, 4) is 0 Å².